The predicted octanol–water partition coefficient (Wildman–Crippen LogP) is 2.78. The van der Waals surface area contributed by atoms with Crippen molar-refractivity contribution in [2.75, 3.05) is 13.6 Å². The van der Waals surface area contributed by atoms with E-state index in [0.717, 1.165) is 18.1 Å². The fourth-order valence-electron chi connectivity index (χ4n) is 3.29. The normalized spacial score (nSPS) is 33.9. The maximum atomic E-state index is 3.63. The van der Waals surface area contributed by atoms with Gasteiger partial charge in [0.15, 0.2) is 0 Å². The van der Waals surface area contributed by atoms with Crippen molar-refractivity contribution in [1.29, 1.82) is 0 Å². The second-order valence-corrected chi connectivity index (χ2v) is 5.85. The van der Waals surface area contributed by atoms with E-state index >= 15 is 0 Å². The van der Waals surface area contributed by atoms with E-state index in [-0.39, 0.29) is 0 Å². The molecule has 1 saturated heterocycles. The highest BCUT2D eigenvalue weighted by atomic mass is 15.2. The molecule has 0 radical (unpaired) electrons. The number of rotatable bonds is 2. The lowest BCUT2D eigenvalue weighted by molar-refractivity contribution is 0.125. The van der Waals surface area contributed by atoms with Gasteiger partial charge in [-0.15, -0.1) is 0 Å². The second kappa shape index (κ2) is 6.02. The van der Waals surface area contributed by atoms with Crippen molar-refractivity contribution >= 4 is 0 Å². The molecule has 94 valence electrons. The number of likely N-dealkylation sites (N-methyl/N-ethyl adjacent to an activating group) is 1. The van der Waals surface area contributed by atoms with Gasteiger partial charge in [-0.3, -0.25) is 4.90 Å². The van der Waals surface area contributed by atoms with Crippen molar-refractivity contribution in [2.45, 2.75) is 76.4 Å². The molecule has 1 aliphatic carbocycles. The summed E-state index contributed by atoms with van der Waals surface area (Å²) in [5, 5.41) is 3.63. The number of nitrogens with zero attached hydrogens (tertiary/aromatic N) is 1. The van der Waals surface area contributed by atoms with Gasteiger partial charge in [-0.2, -0.15) is 0 Å². The van der Waals surface area contributed by atoms with Crippen LogP contribution in [0.15, 0.2) is 0 Å². The van der Waals surface area contributed by atoms with Crippen molar-refractivity contribution in [3.63, 3.8) is 0 Å². The first-order chi connectivity index (χ1) is 7.77. The summed E-state index contributed by atoms with van der Waals surface area (Å²) in [5.41, 5.74) is 0. The minimum atomic E-state index is 0.735. The molecule has 2 nitrogen and oxygen atoms in total. The van der Waals surface area contributed by atoms with Gasteiger partial charge in [-0.1, -0.05) is 25.7 Å². The number of nitrogens with one attached hydrogen (secondary N) is 1. The van der Waals surface area contributed by atoms with Crippen LogP contribution < -0.4 is 5.32 Å². The molecule has 2 rings (SSSR count). The van der Waals surface area contributed by atoms with E-state index in [1.807, 2.05) is 0 Å². The Morgan fingerprint density at radius 3 is 2.12 bits per heavy atom. The van der Waals surface area contributed by atoms with Gasteiger partial charge >= 0.3 is 0 Å². The van der Waals surface area contributed by atoms with Gasteiger partial charge < -0.3 is 5.32 Å². The molecule has 0 bridgehead atoms. The second-order valence-electron chi connectivity index (χ2n) is 5.85. The molecule has 2 unspecified atom stereocenters. The molecule has 0 aromatic carbocycles. The molecule has 1 saturated carbocycles. The van der Waals surface area contributed by atoms with Crippen LogP contribution in [0, 0.1) is 0 Å². The van der Waals surface area contributed by atoms with Crippen LogP contribution in [0.4, 0.5) is 0 Å². The van der Waals surface area contributed by atoms with Crippen molar-refractivity contribution in [3.05, 3.63) is 0 Å². The fraction of sp³-hybridized carbons (Fsp3) is 1.00. The van der Waals surface area contributed by atoms with Crippen LogP contribution in [-0.4, -0.2) is 36.6 Å². The lowest BCUT2D eigenvalue weighted by Gasteiger charge is -2.39. The topological polar surface area (TPSA) is 15.3 Å². The maximum Gasteiger partial charge on any atom is 0.0221 e. The van der Waals surface area contributed by atoms with Gasteiger partial charge in [0.25, 0.3) is 0 Å². The molecule has 1 aliphatic heterocycles. The molecule has 2 aliphatic rings. The van der Waals surface area contributed by atoms with Crippen LogP contribution in [0.5, 0.6) is 0 Å². The number of piperidine rings is 1. The Hall–Kier alpha value is -0.0800. The molecule has 0 aromatic heterocycles. The summed E-state index contributed by atoms with van der Waals surface area (Å²) >= 11 is 0. The molecule has 2 atom stereocenters. The predicted molar refractivity (Wildman–Crippen MR) is 69.7 cm³/mol. The van der Waals surface area contributed by atoms with E-state index in [2.05, 4.69) is 24.2 Å². The largest absolute Gasteiger partial charge is 0.313 e. The van der Waals surface area contributed by atoms with Crippen LogP contribution in [0.2, 0.25) is 0 Å². The zero-order valence-corrected chi connectivity index (χ0v) is 11.0. The van der Waals surface area contributed by atoms with Crippen molar-refractivity contribution in [1.82, 2.24) is 10.2 Å². The SMILES string of the molecule is CC1CCC(N(C)C2CCCCCC2)CN1. The zero-order chi connectivity index (χ0) is 11.4. The minimum absolute atomic E-state index is 0.735. The fourth-order valence-corrected chi connectivity index (χ4v) is 3.29. The molecule has 1 heterocycles. The first-order valence-corrected chi connectivity index (χ1v) is 7.22. The Morgan fingerprint density at radius 2 is 1.56 bits per heavy atom. The first kappa shape index (κ1) is 12.4. The highest BCUT2D eigenvalue weighted by Crippen LogP contribution is 2.24. The van der Waals surface area contributed by atoms with Gasteiger partial charge in [0.2, 0.25) is 0 Å². The summed E-state index contributed by atoms with van der Waals surface area (Å²) in [6, 6.07) is 2.39. The summed E-state index contributed by atoms with van der Waals surface area (Å²) in [6.07, 6.45) is 11.4. The highest BCUT2D eigenvalue weighted by molar-refractivity contribution is 4.84. The quantitative estimate of drug-likeness (QED) is 0.726. The van der Waals surface area contributed by atoms with E-state index in [9.17, 15) is 0 Å². The average Bonchev–Trinajstić information content (AvgIpc) is 2.57. The molecule has 2 fully saturated rings. The standard InChI is InChI=1S/C14H28N2/c1-12-9-10-14(11-15-12)16(2)13-7-5-3-4-6-8-13/h12-15H,3-11H2,1-2H3. The molecular formula is C14H28N2. The third-order valence-electron chi connectivity index (χ3n) is 4.61. The first-order valence-electron chi connectivity index (χ1n) is 7.22. The molecule has 1 N–H and O–H groups in total. The third kappa shape index (κ3) is 3.21. The highest BCUT2D eigenvalue weighted by Gasteiger charge is 2.26. The molecule has 0 amide bonds. The Kier molecular flexibility index (Phi) is 4.66. The van der Waals surface area contributed by atoms with Gasteiger partial charge in [-0.25, -0.2) is 0 Å². The summed E-state index contributed by atoms with van der Waals surface area (Å²) in [7, 11) is 2.36. The molecule has 0 spiro atoms. The van der Waals surface area contributed by atoms with Crippen molar-refractivity contribution in [2.24, 2.45) is 0 Å². The summed E-state index contributed by atoms with van der Waals surface area (Å²) in [4.78, 5) is 2.68. The molecular weight excluding hydrogens is 196 g/mol. The van der Waals surface area contributed by atoms with E-state index in [1.165, 1.54) is 57.9 Å². The van der Waals surface area contributed by atoms with E-state index in [4.69, 9.17) is 0 Å². The lowest BCUT2D eigenvalue weighted by Crippen LogP contribution is -2.50. The molecule has 2 heteroatoms. The van der Waals surface area contributed by atoms with Crippen molar-refractivity contribution < 1.29 is 0 Å². The maximum absolute atomic E-state index is 3.63. The summed E-state index contributed by atoms with van der Waals surface area (Å²) < 4.78 is 0. The number of hydrogen-bond acceptors (Lipinski definition) is 2. The van der Waals surface area contributed by atoms with Crippen LogP contribution in [0.3, 0.4) is 0 Å². The van der Waals surface area contributed by atoms with Crippen LogP contribution in [0.1, 0.15) is 58.3 Å². The monoisotopic (exact) mass is 224 g/mol. The van der Waals surface area contributed by atoms with Crippen molar-refractivity contribution in [3.8, 4) is 0 Å². The Balaban J connectivity index is 1.83. The van der Waals surface area contributed by atoms with Gasteiger partial charge in [0, 0.05) is 24.7 Å². The number of hydrogen-bond donors (Lipinski definition) is 1. The Morgan fingerprint density at radius 1 is 0.875 bits per heavy atom. The Bertz CT molecular complexity index is 189. The summed E-state index contributed by atoms with van der Waals surface area (Å²) in [5.74, 6) is 0. The molecule has 16 heavy (non-hydrogen) atoms. The van der Waals surface area contributed by atoms with E-state index < -0.39 is 0 Å². The Labute approximate surface area is 101 Å². The van der Waals surface area contributed by atoms with Gasteiger partial charge in [0.1, 0.15) is 0 Å². The smallest absolute Gasteiger partial charge is 0.0221 e. The zero-order valence-electron chi connectivity index (χ0n) is 11.0. The minimum Gasteiger partial charge on any atom is -0.313 e. The van der Waals surface area contributed by atoms with Gasteiger partial charge in [0.05, 0.1) is 0 Å². The van der Waals surface area contributed by atoms with Crippen LogP contribution >= 0.6 is 0 Å². The summed E-state index contributed by atoms with van der Waals surface area (Å²) in [6.45, 7) is 3.51. The van der Waals surface area contributed by atoms with Gasteiger partial charge in [-0.05, 0) is 39.7 Å². The van der Waals surface area contributed by atoms with E-state index in [1.54, 1.807) is 0 Å². The molecule has 0 aromatic rings. The third-order valence-corrected chi connectivity index (χ3v) is 4.61. The van der Waals surface area contributed by atoms with Crippen LogP contribution in [0.25, 0.3) is 0 Å². The van der Waals surface area contributed by atoms with Crippen LogP contribution in [-0.2, 0) is 0 Å². The average molecular weight is 224 g/mol. The lowest BCUT2D eigenvalue weighted by atomic mass is 9.98. The van der Waals surface area contributed by atoms with E-state index in [0.29, 0.717) is 0 Å².